The van der Waals surface area contributed by atoms with Crippen LogP contribution in [0.5, 0.6) is 0 Å². The Morgan fingerprint density at radius 1 is 1.40 bits per heavy atom. The number of fused-ring (bicyclic) bond motifs is 1. The first-order chi connectivity index (χ1) is 9.76. The summed E-state index contributed by atoms with van der Waals surface area (Å²) in [4.78, 5) is 2.38. The molecule has 0 spiro atoms. The summed E-state index contributed by atoms with van der Waals surface area (Å²) in [6.07, 6.45) is 8.75. The van der Waals surface area contributed by atoms with Crippen molar-refractivity contribution < 1.29 is 0 Å². The number of hydrogen-bond donors (Lipinski definition) is 1. The van der Waals surface area contributed by atoms with Crippen LogP contribution < -0.4 is 10.2 Å². The molecule has 108 valence electrons. The molecule has 20 heavy (non-hydrogen) atoms. The molecule has 0 unspecified atom stereocenters. The molecule has 1 aromatic rings. The number of aryl methyl sites for hydroxylation is 1. The first-order valence-corrected chi connectivity index (χ1v) is 8.03. The molecule has 0 radical (unpaired) electrons. The van der Waals surface area contributed by atoms with Crippen molar-refractivity contribution in [2.45, 2.75) is 45.1 Å². The van der Waals surface area contributed by atoms with Gasteiger partial charge in [-0.3, -0.25) is 0 Å². The highest BCUT2D eigenvalue weighted by Gasteiger charge is 2.20. The SMILES string of the molecule is CCC(=Cc1ccc2c(c1)CCCN2C)CNC1CC1. The Morgan fingerprint density at radius 2 is 2.25 bits per heavy atom. The third kappa shape index (κ3) is 3.24. The minimum Gasteiger partial charge on any atom is -0.374 e. The monoisotopic (exact) mass is 270 g/mol. The first-order valence-electron chi connectivity index (χ1n) is 8.03. The van der Waals surface area contributed by atoms with E-state index in [4.69, 9.17) is 0 Å². The number of nitrogens with one attached hydrogen (secondary N) is 1. The fourth-order valence-corrected chi connectivity index (χ4v) is 2.97. The van der Waals surface area contributed by atoms with Gasteiger partial charge < -0.3 is 10.2 Å². The lowest BCUT2D eigenvalue weighted by molar-refractivity contribution is 0.723. The summed E-state index contributed by atoms with van der Waals surface area (Å²) < 4.78 is 0. The standard InChI is InChI=1S/C18H26N2/c1-3-14(13-19-17-7-8-17)11-15-6-9-18-16(12-15)5-4-10-20(18)2/h6,9,11-12,17,19H,3-5,7-8,10,13H2,1-2H3. The Morgan fingerprint density at radius 3 is 3.00 bits per heavy atom. The molecule has 0 atom stereocenters. The van der Waals surface area contributed by atoms with Crippen LogP contribution in [0.25, 0.3) is 6.08 Å². The van der Waals surface area contributed by atoms with Crippen LogP contribution in [0.15, 0.2) is 23.8 Å². The fourth-order valence-electron chi connectivity index (χ4n) is 2.97. The second-order valence-electron chi connectivity index (χ2n) is 6.22. The molecule has 1 aromatic carbocycles. The lowest BCUT2D eigenvalue weighted by atomic mass is 9.98. The lowest BCUT2D eigenvalue weighted by Gasteiger charge is -2.27. The molecule has 1 aliphatic carbocycles. The summed E-state index contributed by atoms with van der Waals surface area (Å²) in [7, 11) is 2.20. The molecular weight excluding hydrogens is 244 g/mol. The second-order valence-corrected chi connectivity index (χ2v) is 6.22. The molecule has 0 saturated heterocycles. The van der Waals surface area contributed by atoms with Crippen LogP contribution in [0, 0.1) is 0 Å². The molecule has 3 rings (SSSR count). The molecular formula is C18H26N2. The van der Waals surface area contributed by atoms with Gasteiger partial charge in [0.1, 0.15) is 0 Å². The molecule has 0 bridgehead atoms. The van der Waals surface area contributed by atoms with Crippen molar-refractivity contribution in [3.8, 4) is 0 Å². The van der Waals surface area contributed by atoms with Gasteiger partial charge >= 0.3 is 0 Å². The Labute approximate surface area is 122 Å². The summed E-state index contributed by atoms with van der Waals surface area (Å²) in [6, 6.07) is 7.75. The molecule has 2 heteroatoms. The lowest BCUT2D eigenvalue weighted by Crippen LogP contribution is -2.24. The van der Waals surface area contributed by atoms with Crippen LogP contribution in [0.1, 0.15) is 43.7 Å². The van der Waals surface area contributed by atoms with Crippen molar-refractivity contribution >= 4 is 11.8 Å². The van der Waals surface area contributed by atoms with Crippen molar-refractivity contribution in [3.63, 3.8) is 0 Å². The summed E-state index contributed by atoms with van der Waals surface area (Å²) in [5.74, 6) is 0. The van der Waals surface area contributed by atoms with E-state index in [9.17, 15) is 0 Å². The number of benzene rings is 1. The summed E-state index contributed by atoms with van der Waals surface area (Å²) in [5, 5.41) is 3.62. The fraction of sp³-hybridized carbons (Fsp3) is 0.556. The zero-order valence-electron chi connectivity index (χ0n) is 12.8. The summed E-state index contributed by atoms with van der Waals surface area (Å²) in [6.45, 7) is 4.50. The summed E-state index contributed by atoms with van der Waals surface area (Å²) in [5.41, 5.74) is 5.81. The van der Waals surface area contributed by atoms with E-state index in [-0.39, 0.29) is 0 Å². The third-order valence-corrected chi connectivity index (χ3v) is 4.47. The molecule has 2 nitrogen and oxygen atoms in total. The quantitative estimate of drug-likeness (QED) is 0.879. The van der Waals surface area contributed by atoms with Gasteiger partial charge in [-0.2, -0.15) is 0 Å². The molecule has 1 saturated carbocycles. The van der Waals surface area contributed by atoms with E-state index in [0.29, 0.717) is 0 Å². The van der Waals surface area contributed by atoms with Gasteiger partial charge in [0.15, 0.2) is 0 Å². The predicted molar refractivity (Wildman–Crippen MR) is 87.3 cm³/mol. The van der Waals surface area contributed by atoms with E-state index >= 15 is 0 Å². The van der Waals surface area contributed by atoms with Crippen LogP contribution in [-0.4, -0.2) is 26.2 Å². The van der Waals surface area contributed by atoms with Gasteiger partial charge in [0.2, 0.25) is 0 Å². The van der Waals surface area contributed by atoms with Crippen molar-refractivity contribution in [2.24, 2.45) is 0 Å². The average molecular weight is 270 g/mol. The van der Waals surface area contributed by atoms with Gasteiger partial charge in [-0.15, -0.1) is 0 Å². The number of hydrogen-bond acceptors (Lipinski definition) is 2. The molecule has 1 N–H and O–H groups in total. The van der Waals surface area contributed by atoms with Crippen LogP contribution in [-0.2, 0) is 6.42 Å². The normalized spacial score (nSPS) is 19.1. The highest BCUT2D eigenvalue weighted by Crippen LogP contribution is 2.27. The van der Waals surface area contributed by atoms with Crippen molar-refractivity contribution in [1.82, 2.24) is 5.32 Å². The molecule has 1 aliphatic heterocycles. The van der Waals surface area contributed by atoms with Crippen molar-refractivity contribution in [3.05, 3.63) is 34.9 Å². The third-order valence-electron chi connectivity index (χ3n) is 4.47. The second kappa shape index (κ2) is 6.01. The topological polar surface area (TPSA) is 15.3 Å². The Hall–Kier alpha value is -1.28. The van der Waals surface area contributed by atoms with E-state index in [1.807, 2.05) is 0 Å². The van der Waals surface area contributed by atoms with Crippen LogP contribution in [0.3, 0.4) is 0 Å². The van der Waals surface area contributed by atoms with Gasteiger partial charge in [0.05, 0.1) is 0 Å². The van der Waals surface area contributed by atoms with Crippen molar-refractivity contribution in [1.29, 1.82) is 0 Å². The maximum Gasteiger partial charge on any atom is 0.0396 e. The van der Waals surface area contributed by atoms with Gasteiger partial charge in [-0.1, -0.05) is 24.6 Å². The first kappa shape index (κ1) is 13.7. The maximum atomic E-state index is 3.62. The molecule has 0 amide bonds. The average Bonchev–Trinajstić information content (AvgIpc) is 3.28. The highest BCUT2D eigenvalue weighted by atomic mass is 15.1. The number of nitrogens with zero attached hydrogens (tertiary/aromatic N) is 1. The minimum absolute atomic E-state index is 0.794. The van der Waals surface area contributed by atoms with Gasteiger partial charge in [0.25, 0.3) is 0 Å². The largest absolute Gasteiger partial charge is 0.374 e. The smallest absolute Gasteiger partial charge is 0.0396 e. The zero-order chi connectivity index (χ0) is 13.9. The molecule has 1 fully saturated rings. The zero-order valence-corrected chi connectivity index (χ0v) is 12.8. The predicted octanol–water partition coefficient (Wildman–Crippen LogP) is 3.61. The van der Waals surface area contributed by atoms with Gasteiger partial charge in [0, 0.05) is 31.9 Å². The van der Waals surface area contributed by atoms with Crippen molar-refractivity contribution in [2.75, 3.05) is 25.0 Å². The van der Waals surface area contributed by atoms with Gasteiger partial charge in [-0.05, 0) is 55.4 Å². The minimum atomic E-state index is 0.794. The maximum absolute atomic E-state index is 3.62. The Bertz CT molecular complexity index is 500. The molecule has 2 aliphatic rings. The summed E-state index contributed by atoms with van der Waals surface area (Å²) >= 11 is 0. The van der Waals surface area contributed by atoms with E-state index < -0.39 is 0 Å². The molecule has 1 heterocycles. The highest BCUT2D eigenvalue weighted by molar-refractivity contribution is 5.63. The van der Waals surface area contributed by atoms with E-state index in [1.54, 1.807) is 0 Å². The van der Waals surface area contributed by atoms with Crippen LogP contribution >= 0.6 is 0 Å². The Kier molecular flexibility index (Phi) is 4.11. The van der Waals surface area contributed by atoms with E-state index in [0.717, 1.165) is 19.0 Å². The Balaban J connectivity index is 1.74. The molecule has 0 aromatic heterocycles. The number of anilines is 1. The van der Waals surface area contributed by atoms with E-state index in [2.05, 4.69) is 48.5 Å². The van der Waals surface area contributed by atoms with Crippen LogP contribution in [0.4, 0.5) is 5.69 Å². The van der Waals surface area contributed by atoms with Crippen LogP contribution in [0.2, 0.25) is 0 Å². The van der Waals surface area contributed by atoms with E-state index in [1.165, 1.54) is 54.6 Å². The van der Waals surface area contributed by atoms with Gasteiger partial charge in [-0.25, -0.2) is 0 Å². The number of rotatable bonds is 5.